The molecule has 0 unspecified atom stereocenters. The van der Waals surface area contributed by atoms with Crippen LogP contribution in [0.25, 0.3) is 0 Å². The van der Waals surface area contributed by atoms with Crippen molar-refractivity contribution < 1.29 is 13.5 Å². The molecule has 1 fully saturated rings. The highest BCUT2D eigenvalue weighted by Gasteiger charge is 2.34. The van der Waals surface area contributed by atoms with Crippen LogP contribution in [0.5, 0.6) is 0 Å². The molecule has 0 amide bonds. The van der Waals surface area contributed by atoms with Gasteiger partial charge >= 0.3 is 0 Å². The van der Waals surface area contributed by atoms with Crippen molar-refractivity contribution in [1.82, 2.24) is 4.98 Å². The van der Waals surface area contributed by atoms with Gasteiger partial charge in [-0.1, -0.05) is 0 Å². The molecule has 0 spiro atoms. The number of aromatic nitrogens is 1. The van der Waals surface area contributed by atoms with Crippen LogP contribution in [0.1, 0.15) is 48.2 Å². The molecule has 1 aromatic rings. The summed E-state index contributed by atoms with van der Waals surface area (Å²) in [5, 5.41) is 10.7. The average Bonchev–Trinajstić information content (AvgIpc) is 2.84. The summed E-state index contributed by atoms with van der Waals surface area (Å²) in [6, 6.07) is 0. The standard InChI is InChI=1S/C11H17NO3S2/c1-11(2,13)10-9(7-4-5-7)12-8(16-10)6-17(3,14)15/h7,13H,4-6H2,1-3H3. The van der Waals surface area contributed by atoms with Gasteiger partial charge in [0.25, 0.3) is 0 Å². The minimum Gasteiger partial charge on any atom is -0.385 e. The molecule has 2 rings (SSSR count). The lowest BCUT2D eigenvalue weighted by atomic mass is 10.0. The van der Waals surface area contributed by atoms with Gasteiger partial charge in [0.1, 0.15) is 10.8 Å². The van der Waals surface area contributed by atoms with Crippen LogP contribution in [0.15, 0.2) is 0 Å². The lowest BCUT2D eigenvalue weighted by Crippen LogP contribution is -2.15. The van der Waals surface area contributed by atoms with Gasteiger partial charge in [-0.05, 0) is 26.7 Å². The number of sulfone groups is 1. The monoisotopic (exact) mass is 275 g/mol. The quantitative estimate of drug-likeness (QED) is 0.909. The fourth-order valence-electron chi connectivity index (χ4n) is 1.74. The molecule has 0 saturated heterocycles. The average molecular weight is 275 g/mol. The SMILES string of the molecule is CC(C)(O)c1sc(CS(C)(=O)=O)nc1C1CC1. The third-order valence-corrected chi connectivity index (χ3v) is 4.97. The van der Waals surface area contributed by atoms with E-state index in [2.05, 4.69) is 4.98 Å². The molecule has 17 heavy (non-hydrogen) atoms. The van der Waals surface area contributed by atoms with Crippen LogP contribution in [0, 0.1) is 0 Å². The van der Waals surface area contributed by atoms with E-state index in [0.29, 0.717) is 10.9 Å². The Morgan fingerprint density at radius 2 is 2.06 bits per heavy atom. The third-order valence-electron chi connectivity index (χ3n) is 2.60. The second-order valence-electron chi connectivity index (χ2n) is 5.23. The second-order valence-corrected chi connectivity index (χ2v) is 8.45. The van der Waals surface area contributed by atoms with Crippen molar-refractivity contribution in [2.45, 2.75) is 44.0 Å². The maximum atomic E-state index is 11.3. The number of hydrogen-bond acceptors (Lipinski definition) is 5. The van der Waals surface area contributed by atoms with Gasteiger partial charge in [0.2, 0.25) is 0 Å². The van der Waals surface area contributed by atoms with Crippen molar-refractivity contribution in [1.29, 1.82) is 0 Å². The van der Waals surface area contributed by atoms with Gasteiger partial charge in [0, 0.05) is 12.2 Å². The molecule has 96 valence electrons. The minimum absolute atomic E-state index is 0.0343. The van der Waals surface area contributed by atoms with Gasteiger partial charge in [-0.3, -0.25) is 0 Å². The third kappa shape index (κ3) is 3.26. The highest BCUT2D eigenvalue weighted by atomic mass is 32.2. The first kappa shape index (κ1) is 13.0. The van der Waals surface area contributed by atoms with Gasteiger partial charge in [-0.15, -0.1) is 11.3 Å². The van der Waals surface area contributed by atoms with Crippen LogP contribution in [0.3, 0.4) is 0 Å². The summed E-state index contributed by atoms with van der Waals surface area (Å²) >= 11 is 1.32. The molecule has 0 aromatic carbocycles. The van der Waals surface area contributed by atoms with Crippen LogP contribution in [0.2, 0.25) is 0 Å². The van der Waals surface area contributed by atoms with Crippen molar-refractivity contribution in [2.75, 3.05) is 6.26 Å². The summed E-state index contributed by atoms with van der Waals surface area (Å²) in [6.07, 6.45) is 3.38. The summed E-state index contributed by atoms with van der Waals surface area (Å²) in [5.74, 6) is 0.383. The highest BCUT2D eigenvalue weighted by molar-refractivity contribution is 7.90. The van der Waals surface area contributed by atoms with Gasteiger partial charge in [0.05, 0.1) is 16.2 Å². The second kappa shape index (κ2) is 4.03. The molecule has 0 atom stereocenters. The molecule has 1 saturated carbocycles. The Bertz CT molecular complexity index is 521. The maximum absolute atomic E-state index is 11.3. The Morgan fingerprint density at radius 3 is 2.47 bits per heavy atom. The van der Waals surface area contributed by atoms with Crippen LogP contribution in [-0.2, 0) is 21.2 Å². The Morgan fingerprint density at radius 1 is 1.47 bits per heavy atom. The fraction of sp³-hybridized carbons (Fsp3) is 0.727. The molecule has 1 heterocycles. The summed E-state index contributed by atoms with van der Waals surface area (Å²) in [5.41, 5.74) is -0.0353. The Hall–Kier alpha value is -0.460. The Balaban J connectivity index is 2.38. The van der Waals surface area contributed by atoms with Gasteiger partial charge in [-0.2, -0.15) is 0 Å². The van der Waals surface area contributed by atoms with E-state index in [1.165, 1.54) is 17.6 Å². The number of rotatable bonds is 4. The Labute approximate surface area is 106 Å². The number of hydrogen-bond donors (Lipinski definition) is 1. The number of nitrogens with zero attached hydrogens (tertiary/aromatic N) is 1. The lowest BCUT2D eigenvalue weighted by molar-refractivity contribution is 0.0813. The molecule has 1 aromatic heterocycles. The molecule has 0 aliphatic heterocycles. The zero-order valence-corrected chi connectivity index (χ0v) is 11.9. The van der Waals surface area contributed by atoms with E-state index in [4.69, 9.17) is 0 Å². The normalized spacial score (nSPS) is 17.4. The maximum Gasteiger partial charge on any atom is 0.153 e. The molecule has 1 N–H and O–H groups in total. The predicted octanol–water partition coefficient (Wildman–Crippen LogP) is 1.79. The van der Waals surface area contributed by atoms with Crippen LogP contribution < -0.4 is 0 Å². The Kier molecular flexibility index (Phi) is 3.08. The molecular weight excluding hydrogens is 258 g/mol. The smallest absolute Gasteiger partial charge is 0.153 e. The summed E-state index contributed by atoms with van der Waals surface area (Å²) in [7, 11) is -3.07. The van der Waals surface area contributed by atoms with E-state index in [1.807, 2.05) is 0 Å². The largest absolute Gasteiger partial charge is 0.385 e. The van der Waals surface area contributed by atoms with Gasteiger partial charge in [-0.25, -0.2) is 13.4 Å². The first-order chi connectivity index (χ1) is 7.67. The molecule has 0 radical (unpaired) electrons. The van der Waals surface area contributed by atoms with Crippen molar-refractivity contribution in [3.63, 3.8) is 0 Å². The molecule has 6 heteroatoms. The van der Waals surface area contributed by atoms with E-state index < -0.39 is 15.4 Å². The predicted molar refractivity (Wildman–Crippen MR) is 67.9 cm³/mol. The zero-order chi connectivity index (χ0) is 12.8. The van der Waals surface area contributed by atoms with E-state index in [-0.39, 0.29) is 5.75 Å². The number of aliphatic hydroxyl groups is 1. The lowest BCUT2D eigenvalue weighted by Gasteiger charge is -2.16. The van der Waals surface area contributed by atoms with Crippen LogP contribution >= 0.6 is 11.3 Å². The van der Waals surface area contributed by atoms with Crippen molar-refractivity contribution in [2.24, 2.45) is 0 Å². The zero-order valence-electron chi connectivity index (χ0n) is 10.2. The van der Waals surface area contributed by atoms with E-state index in [9.17, 15) is 13.5 Å². The van der Waals surface area contributed by atoms with Crippen molar-refractivity contribution >= 4 is 21.2 Å². The summed E-state index contributed by atoms with van der Waals surface area (Å²) in [4.78, 5) is 5.22. The van der Waals surface area contributed by atoms with Crippen molar-refractivity contribution in [3.05, 3.63) is 15.6 Å². The van der Waals surface area contributed by atoms with E-state index >= 15 is 0 Å². The van der Waals surface area contributed by atoms with Crippen molar-refractivity contribution in [3.8, 4) is 0 Å². The van der Waals surface area contributed by atoms with Crippen LogP contribution in [0.4, 0.5) is 0 Å². The molecule has 0 bridgehead atoms. The summed E-state index contributed by atoms with van der Waals surface area (Å²) in [6.45, 7) is 3.44. The van der Waals surface area contributed by atoms with Gasteiger partial charge < -0.3 is 5.11 Å². The minimum atomic E-state index is -3.07. The highest BCUT2D eigenvalue weighted by Crippen LogP contribution is 2.45. The molecular formula is C11H17NO3S2. The molecule has 1 aliphatic rings. The number of thiazole rings is 1. The van der Waals surface area contributed by atoms with E-state index in [0.717, 1.165) is 23.4 Å². The first-order valence-corrected chi connectivity index (χ1v) is 8.45. The topological polar surface area (TPSA) is 67.3 Å². The van der Waals surface area contributed by atoms with Gasteiger partial charge in [0.15, 0.2) is 9.84 Å². The molecule has 1 aliphatic carbocycles. The summed E-state index contributed by atoms with van der Waals surface area (Å²) < 4.78 is 22.5. The molecule has 4 nitrogen and oxygen atoms in total. The van der Waals surface area contributed by atoms with E-state index in [1.54, 1.807) is 13.8 Å². The fourth-order valence-corrected chi connectivity index (χ4v) is 4.07. The van der Waals surface area contributed by atoms with Crippen LogP contribution in [-0.4, -0.2) is 24.8 Å². The first-order valence-electron chi connectivity index (χ1n) is 5.57.